The summed E-state index contributed by atoms with van der Waals surface area (Å²) in [6.45, 7) is 4.33. The Bertz CT molecular complexity index is 540. The molecule has 1 aliphatic rings. The number of rotatable bonds is 11. The third-order valence-electron chi connectivity index (χ3n) is 5.05. The second-order valence-corrected chi connectivity index (χ2v) is 8.43. The Labute approximate surface area is 162 Å². The van der Waals surface area contributed by atoms with Crippen molar-refractivity contribution in [1.29, 1.82) is 0 Å². The molecule has 0 saturated carbocycles. The molecule has 0 aliphatic carbocycles. The fourth-order valence-electron chi connectivity index (χ4n) is 3.56. The van der Waals surface area contributed by atoms with E-state index in [0.717, 1.165) is 56.9 Å². The minimum atomic E-state index is -0.666. The van der Waals surface area contributed by atoms with Crippen LogP contribution in [0.3, 0.4) is 0 Å². The molecule has 1 aromatic rings. The lowest BCUT2D eigenvalue weighted by molar-refractivity contribution is -0.171. The molecule has 1 unspecified atom stereocenters. The third kappa shape index (κ3) is 6.15. The van der Waals surface area contributed by atoms with Gasteiger partial charge in [0.2, 0.25) is 0 Å². The largest absolute Gasteiger partial charge is 0.457 e. The molecule has 0 spiro atoms. The topological polar surface area (TPSA) is 43.4 Å². The predicted molar refractivity (Wildman–Crippen MR) is 108 cm³/mol. The van der Waals surface area contributed by atoms with E-state index in [-0.39, 0.29) is 11.8 Å². The fraction of sp³-hybridized carbons (Fsp3) is 0.636. The minimum absolute atomic E-state index is 0.0511. The standard InChI is InChI=1S/C22H32O3S/c1-3-5-10-14-22(15-11-6-4-2)16-19(23)20(21(24)25-22)26-17-18-12-8-7-9-13-18/h7-9,12-13,20H,3-6,10-11,14-17H2,1-2H3. The van der Waals surface area contributed by atoms with Gasteiger partial charge in [-0.3, -0.25) is 9.59 Å². The molecule has 1 fully saturated rings. The van der Waals surface area contributed by atoms with E-state index in [0.29, 0.717) is 12.2 Å². The van der Waals surface area contributed by atoms with Crippen LogP contribution in [0.2, 0.25) is 0 Å². The van der Waals surface area contributed by atoms with E-state index in [9.17, 15) is 9.59 Å². The summed E-state index contributed by atoms with van der Waals surface area (Å²) in [6, 6.07) is 9.96. The summed E-state index contributed by atoms with van der Waals surface area (Å²) >= 11 is 1.40. The van der Waals surface area contributed by atoms with Crippen molar-refractivity contribution < 1.29 is 14.3 Å². The zero-order valence-electron chi connectivity index (χ0n) is 16.2. The van der Waals surface area contributed by atoms with Crippen LogP contribution in [0.15, 0.2) is 30.3 Å². The highest BCUT2D eigenvalue weighted by Gasteiger charge is 2.46. The molecule has 144 valence electrons. The monoisotopic (exact) mass is 376 g/mol. The number of thioether (sulfide) groups is 1. The highest BCUT2D eigenvalue weighted by molar-refractivity contribution is 8.00. The molecular formula is C22H32O3S. The molecule has 0 aromatic heterocycles. The number of Topliss-reactive ketones (excluding diaryl/α,β-unsaturated/α-hetero) is 1. The van der Waals surface area contributed by atoms with Gasteiger partial charge in [-0.25, -0.2) is 0 Å². The average molecular weight is 377 g/mol. The molecule has 0 amide bonds. The van der Waals surface area contributed by atoms with E-state index >= 15 is 0 Å². The molecule has 26 heavy (non-hydrogen) atoms. The van der Waals surface area contributed by atoms with Crippen molar-refractivity contribution in [3.05, 3.63) is 35.9 Å². The predicted octanol–water partition coefficient (Wildman–Crippen LogP) is 5.70. The van der Waals surface area contributed by atoms with Crippen molar-refractivity contribution in [3.8, 4) is 0 Å². The Balaban J connectivity index is 1.98. The van der Waals surface area contributed by atoms with Gasteiger partial charge in [-0.1, -0.05) is 69.9 Å². The molecule has 1 aliphatic heterocycles. The zero-order chi connectivity index (χ0) is 18.8. The van der Waals surface area contributed by atoms with E-state index in [1.54, 1.807) is 0 Å². The van der Waals surface area contributed by atoms with Gasteiger partial charge in [0, 0.05) is 12.2 Å². The molecule has 1 aromatic carbocycles. The molecule has 1 heterocycles. The zero-order valence-corrected chi connectivity index (χ0v) is 17.0. The Morgan fingerprint density at radius 3 is 2.15 bits per heavy atom. The number of carbonyl (C=O) groups excluding carboxylic acids is 2. The van der Waals surface area contributed by atoms with Crippen molar-refractivity contribution in [1.82, 2.24) is 0 Å². The molecule has 4 heteroatoms. The maximum atomic E-state index is 12.8. The van der Waals surface area contributed by atoms with Crippen LogP contribution in [0.25, 0.3) is 0 Å². The number of hydrogen-bond donors (Lipinski definition) is 0. The van der Waals surface area contributed by atoms with Crippen LogP contribution in [-0.4, -0.2) is 22.6 Å². The van der Waals surface area contributed by atoms with Crippen LogP contribution >= 0.6 is 11.8 Å². The Morgan fingerprint density at radius 2 is 1.62 bits per heavy atom. The highest BCUT2D eigenvalue weighted by atomic mass is 32.2. The lowest BCUT2D eigenvalue weighted by atomic mass is 9.83. The summed E-state index contributed by atoms with van der Waals surface area (Å²) in [6.07, 6.45) is 8.55. The lowest BCUT2D eigenvalue weighted by Crippen LogP contribution is -2.49. The molecule has 1 atom stereocenters. The van der Waals surface area contributed by atoms with E-state index in [1.165, 1.54) is 11.8 Å². The smallest absolute Gasteiger partial charge is 0.327 e. The Kier molecular flexibility index (Phi) is 8.70. The molecular weight excluding hydrogens is 344 g/mol. The number of ether oxygens (including phenoxy) is 1. The van der Waals surface area contributed by atoms with Crippen molar-refractivity contribution in [2.24, 2.45) is 0 Å². The van der Waals surface area contributed by atoms with Gasteiger partial charge < -0.3 is 4.74 Å². The summed E-state index contributed by atoms with van der Waals surface area (Å²) < 4.78 is 5.96. The molecule has 1 saturated heterocycles. The van der Waals surface area contributed by atoms with Crippen molar-refractivity contribution >= 4 is 23.5 Å². The van der Waals surface area contributed by atoms with E-state index in [2.05, 4.69) is 13.8 Å². The van der Waals surface area contributed by atoms with Crippen molar-refractivity contribution in [2.75, 3.05) is 0 Å². The van der Waals surface area contributed by atoms with E-state index in [4.69, 9.17) is 4.74 Å². The molecule has 0 N–H and O–H groups in total. The van der Waals surface area contributed by atoms with Crippen LogP contribution < -0.4 is 0 Å². The summed E-state index contributed by atoms with van der Waals surface area (Å²) in [5, 5.41) is -0.666. The highest BCUT2D eigenvalue weighted by Crippen LogP contribution is 2.37. The van der Waals surface area contributed by atoms with Crippen LogP contribution in [0.1, 0.15) is 77.2 Å². The summed E-state index contributed by atoms with van der Waals surface area (Å²) in [7, 11) is 0. The Hall–Kier alpha value is -1.29. The van der Waals surface area contributed by atoms with Gasteiger partial charge >= 0.3 is 5.97 Å². The number of unbranched alkanes of at least 4 members (excludes halogenated alkanes) is 4. The first-order chi connectivity index (χ1) is 12.6. The average Bonchev–Trinajstić information content (AvgIpc) is 2.62. The summed E-state index contributed by atoms with van der Waals surface area (Å²) in [5.74, 6) is 0.385. The number of carbonyl (C=O) groups is 2. The summed E-state index contributed by atoms with van der Waals surface area (Å²) in [5.41, 5.74) is 0.573. The van der Waals surface area contributed by atoms with Crippen LogP contribution in [0.4, 0.5) is 0 Å². The van der Waals surface area contributed by atoms with Crippen LogP contribution in [-0.2, 0) is 20.1 Å². The normalized spacial score (nSPS) is 19.4. The first-order valence-corrected chi connectivity index (χ1v) is 11.1. The first kappa shape index (κ1) is 21.0. The van der Waals surface area contributed by atoms with Gasteiger partial charge in [0.25, 0.3) is 0 Å². The first-order valence-electron chi connectivity index (χ1n) is 10.0. The van der Waals surface area contributed by atoms with Gasteiger partial charge in [0.1, 0.15) is 5.60 Å². The second-order valence-electron chi connectivity index (χ2n) is 7.34. The van der Waals surface area contributed by atoms with Gasteiger partial charge in [0.15, 0.2) is 11.0 Å². The SMILES string of the molecule is CCCCCC1(CCCCC)CC(=O)C(SCc2ccccc2)C(=O)O1. The number of hydrogen-bond acceptors (Lipinski definition) is 4. The molecule has 0 radical (unpaired) electrons. The van der Waals surface area contributed by atoms with Crippen LogP contribution in [0.5, 0.6) is 0 Å². The van der Waals surface area contributed by atoms with Gasteiger partial charge in [-0.05, 0) is 31.2 Å². The Morgan fingerprint density at radius 1 is 1.00 bits per heavy atom. The number of benzene rings is 1. The second kappa shape index (κ2) is 10.8. The molecule has 3 nitrogen and oxygen atoms in total. The van der Waals surface area contributed by atoms with E-state index in [1.807, 2.05) is 30.3 Å². The quantitative estimate of drug-likeness (QED) is 0.282. The van der Waals surface area contributed by atoms with Gasteiger partial charge in [0.05, 0.1) is 0 Å². The fourth-order valence-corrected chi connectivity index (χ4v) is 4.56. The number of cyclic esters (lactones) is 1. The van der Waals surface area contributed by atoms with Crippen molar-refractivity contribution in [2.45, 2.75) is 88.2 Å². The van der Waals surface area contributed by atoms with Gasteiger partial charge in [-0.15, -0.1) is 11.8 Å². The maximum absolute atomic E-state index is 12.8. The molecule has 2 rings (SSSR count). The minimum Gasteiger partial charge on any atom is -0.457 e. The third-order valence-corrected chi connectivity index (χ3v) is 6.34. The van der Waals surface area contributed by atoms with E-state index < -0.39 is 10.9 Å². The number of esters is 1. The summed E-state index contributed by atoms with van der Waals surface area (Å²) in [4.78, 5) is 25.4. The molecule has 0 bridgehead atoms. The van der Waals surface area contributed by atoms with Gasteiger partial charge in [-0.2, -0.15) is 0 Å². The lowest BCUT2D eigenvalue weighted by Gasteiger charge is -2.39. The van der Waals surface area contributed by atoms with Crippen molar-refractivity contribution in [3.63, 3.8) is 0 Å². The number of ketones is 1. The maximum Gasteiger partial charge on any atom is 0.327 e. The van der Waals surface area contributed by atoms with Crippen LogP contribution in [0, 0.1) is 0 Å².